The Kier molecular flexibility index (Phi) is 9.09. The molecule has 0 aliphatic heterocycles. The summed E-state index contributed by atoms with van der Waals surface area (Å²) in [4.78, 5) is 11.6. The van der Waals surface area contributed by atoms with Crippen LogP contribution in [0.2, 0.25) is 0 Å². The first-order valence-corrected chi connectivity index (χ1v) is 6.59. The van der Waals surface area contributed by atoms with E-state index >= 15 is 0 Å². The van der Waals surface area contributed by atoms with Crippen LogP contribution in [0.3, 0.4) is 0 Å². The monoisotopic (exact) mass is 245 g/mol. The van der Waals surface area contributed by atoms with Crippen LogP contribution < -0.4 is 5.32 Å². The van der Waals surface area contributed by atoms with Gasteiger partial charge in [0.15, 0.2) is 0 Å². The first-order valence-electron chi connectivity index (χ1n) is 6.59. The second-order valence-electron chi connectivity index (χ2n) is 4.78. The third-order valence-electron chi connectivity index (χ3n) is 2.49. The van der Waals surface area contributed by atoms with E-state index in [4.69, 9.17) is 4.74 Å². The minimum absolute atomic E-state index is 0.217. The summed E-state index contributed by atoms with van der Waals surface area (Å²) in [6.07, 6.45) is 2.00. The molecule has 0 aromatic carbocycles. The molecule has 0 amide bonds. The summed E-state index contributed by atoms with van der Waals surface area (Å²) in [6.45, 7) is 8.81. The van der Waals surface area contributed by atoms with Crippen molar-refractivity contribution in [2.45, 2.75) is 59.1 Å². The van der Waals surface area contributed by atoms with Gasteiger partial charge in [0.25, 0.3) is 0 Å². The van der Waals surface area contributed by atoms with Crippen molar-refractivity contribution in [2.75, 3.05) is 13.2 Å². The molecule has 2 atom stereocenters. The van der Waals surface area contributed by atoms with Crippen molar-refractivity contribution in [3.8, 4) is 0 Å². The van der Waals surface area contributed by atoms with Gasteiger partial charge < -0.3 is 15.2 Å². The molecule has 0 saturated heterocycles. The lowest BCUT2D eigenvalue weighted by molar-refractivity contribution is -0.146. The van der Waals surface area contributed by atoms with E-state index in [1.54, 1.807) is 6.92 Å². The van der Waals surface area contributed by atoms with Crippen LogP contribution in [-0.2, 0) is 9.53 Å². The van der Waals surface area contributed by atoms with E-state index in [0.29, 0.717) is 19.1 Å². The fourth-order valence-electron chi connectivity index (χ4n) is 1.74. The predicted molar refractivity (Wildman–Crippen MR) is 68.8 cm³/mol. The van der Waals surface area contributed by atoms with Crippen LogP contribution in [0, 0.1) is 5.92 Å². The van der Waals surface area contributed by atoms with Gasteiger partial charge in [-0.15, -0.1) is 0 Å². The summed E-state index contributed by atoms with van der Waals surface area (Å²) >= 11 is 0. The molecule has 0 radical (unpaired) electrons. The Hall–Kier alpha value is -0.610. The Bertz CT molecular complexity index is 207. The minimum atomic E-state index is -0.399. The summed E-state index contributed by atoms with van der Waals surface area (Å²) in [5.74, 6) is 0.241. The lowest BCUT2D eigenvalue weighted by Crippen LogP contribution is -2.42. The topological polar surface area (TPSA) is 58.6 Å². The number of aliphatic hydroxyl groups is 1. The molecule has 0 aromatic rings. The van der Waals surface area contributed by atoms with Crippen LogP contribution in [0.4, 0.5) is 0 Å². The van der Waals surface area contributed by atoms with E-state index in [9.17, 15) is 9.90 Å². The average Bonchev–Trinajstić information content (AvgIpc) is 2.23. The van der Waals surface area contributed by atoms with Crippen molar-refractivity contribution in [1.29, 1.82) is 0 Å². The zero-order valence-corrected chi connectivity index (χ0v) is 11.5. The van der Waals surface area contributed by atoms with E-state index in [2.05, 4.69) is 19.2 Å². The van der Waals surface area contributed by atoms with Crippen molar-refractivity contribution >= 4 is 5.97 Å². The van der Waals surface area contributed by atoms with E-state index in [1.807, 2.05) is 6.92 Å². The van der Waals surface area contributed by atoms with Crippen molar-refractivity contribution in [3.05, 3.63) is 0 Å². The minimum Gasteiger partial charge on any atom is -0.465 e. The van der Waals surface area contributed by atoms with Crippen molar-refractivity contribution < 1.29 is 14.6 Å². The van der Waals surface area contributed by atoms with Crippen LogP contribution in [0.5, 0.6) is 0 Å². The summed E-state index contributed by atoms with van der Waals surface area (Å²) in [6, 6.07) is -0.290. The highest BCUT2D eigenvalue weighted by molar-refractivity contribution is 5.75. The standard InChI is InChI=1S/C13H27NO3/c1-5-7-12(13(16)17-6-2)14-9-11(15)8-10(3)4/h10-12,14-15H,5-9H2,1-4H3. The zero-order valence-electron chi connectivity index (χ0n) is 11.5. The number of nitrogens with one attached hydrogen (secondary N) is 1. The third-order valence-corrected chi connectivity index (χ3v) is 2.49. The van der Waals surface area contributed by atoms with Gasteiger partial charge in [-0.1, -0.05) is 27.2 Å². The van der Waals surface area contributed by atoms with Gasteiger partial charge in [0.05, 0.1) is 12.7 Å². The lowest BCUT2D eigenvalue weighted by Gasteiger charge is -2.19. The van der Waals surface area contributed by atoms with E-state index in [-0.39, 0.29) is 12.0 Å². The largest absolute Gasteiger partial charge is 0.465 e. The molecule has 2 unspecified atom stereocenters. The molecule has 2 N–H and O–H groups in total. The quantitative estimate of drug-likeness (QED) is 0.607. The lowest BCUT2D eigenvalue weighted by atomic mass is 10.1. The molecule has 0 heterocycles. The predicted octanol–water partition coefficient (Wildman–Crippen LogP) is 1.71. The first kappa shape index (κ1) is 16.4. The highest BCUT2D eigenvalue weighted by atomic mass is 16.5. The van der Waals surface area contributed by atoms with Crippen molar-refractivity contribution in [1.82, 2.24) is 5.32 Å². The van der Waals surface area contributed by atoms with Gasteiger partial charge in [-0.3, -0.25) is 4.79 Å². The number of esters is 1. The van der Waals surface area contributed by atoms with Gasteiger partial charge in [0.2, 0.25) is 0 Å². The number of aliphatic hydroxyl groups excluding tert-OH is 1. The fraction of sp³-hybridized carbons (Fsp3) is 0.923. The van der Waals surface area contributed by atoms with Crippen LogP contribution >= 0.6 is 0 Å². The zero-order chi connectivity index (χ0) is 13.3. The summed E-state index contributed by atoms with van der Waals surface area (Å²) in [5.41, 5.74) is 0. The highest BCUT2D eigenvalue weighted by Gasteiger charge is 2.19. The molecular formula is C13H27NO3. The van der Waals surface area contributed by atoms with Gasteiger partial charge in [0, 0.05) is 6.54 Å². The molecule has 0 aliphatic carbocycles. The number of ether oxygens (including phenoxy) is 1. The van der Waals surface area contributed by atoms with Gasteiger partial charge in [-0.25, -0.2) is 0 Å². The Balaban J connectivity index is 4.03. The first-order chi connectivity index (χ1) is 8.01. The maximum Gasteiger partial charge on any atom is 0.323 e. The highest BCUT2D eigenvalue weighted by Crippen LogP contribution is 2.05. The number of rotatable bonds is 9. The van der Waals surface area contributed by atoms with E-state index in [1.165, 1.54) is 0 Å². The molecule has 0 aromatic heterocycles. The Morgan fingerprint density at radius 1 is 1.35 bits per heavy atom. The molecule has 0 aliphatic rings. The van der Waals surface area contributed by atoms with Crippen LogP contribution in [-0.4, -0.2) is 36.4 Å². The van der Waals surface area contributed by atoms with E-state index in [0.717, 1.165) is 19.3 Å². The summed E-state index contributed by atoms with van der Waals surface area (Å²) < 4.78 is 4.99. The molecule has 4 nitrogen and oxygen atoms in total. The van der Waals surface area contributed by atoms with Gasteiger partial charge in [-0.05, 0) is 25.7 Å². The van der Waals surface area contributed by atoms with Crippen molar-refractivity contribution in [3.63, 3.8) is 0 Å². The molecule has 0 fully saturated rings. The SMILES string of the molecule is CCCC(NCC(O)CC(C)C)C(=O)OCC. The summed E-state index contributed by atoms with van der Waals surface area (Å²) in [5, 5.41) is 12.8. The summed E-state index contributed by atoms with van der Waals surface area (Å²) in [7, 11) is 0. The molecule has 0 saturated carbocycles. The van der Waals surface area contributed by atoms with Crippen LogP contribution in [0.1, 0.15) is 47.0 Å². The molecule has 0 bridgehead atoms. The van der Waals surface area contributed by atoms with Gasteiger partial charge in [-0.2, -0.15) is 0 Å². The van der Waals surface area contributed by atoms with E-state index < -0.39 is 6.10 Å². The Morgan fingerprint density at radius 3 is 2.47 bits per heavy atom. The molecule has 17 heavy (non-hydrogen) atoms. The molecule has 0 spiro atoms. The molecular weight excluding hydrogens is 218 g/mol. The maximum atomic E-state index is 11.6. The van der Waals surface area contributed by atoms with Gasteiger partial charge >= 0.3 is 5.97 Å². The molecule has 4 heteroatoms. The second-order valence-corrected chi connectivity index (χ2v) is 4.78. The Labute approximate surface area is 105 Å². The maximum absolute atomic E-state index is 11.6. The van der Waals surface area contributed by atoms with Crippen molar-refractivity contribution in [2.24, 2.45) is 5.92 Å². The number of hydrogen-bond donors (Lipinski definition) is 2. The van der Waals surface area contributed by atoms with Gasteiger partial charge in [0.1, 0.15) is 6.04 Å². The van der Waals surface area contributed by atoms with Crippen LogP contribution in [0.15, 0.2) is 0 Å². The Morgan fingerprint density at radius 2 is 2.00 bits per heavy atom. The number of hydrogen-bond acceptors (Lipinski definition) is 4. The average molecular weight is 245 g/mol. The molecule has 102 valence electrons. The number of carbonyl (C=O) groups excluding carboxylic acids is 1. The number of carbonyl (C=O) groups is 1. The smallest absolute Gasteiger partial charge is 0.323 e. The normalized spacial score (nSPS) is 14.7. The second kappa shape index (κ2) is 9.42. The van der Waals surface area contributed by atoms with Crippen LogP contribution in [0.25, 0.3) is 0 Å². The molecule has 0 rings (SSSR count). The fourth-order valence-corrected chi connectivity index (χ4v) is 1.74. The third kappa shape index (κ3) is 8.16.